The van der Waals surface area contributed by atoms with Crippen LogP contribution in [0.1, 0.15) is 41.0 Å². The van der Waals surface area contributed by atoms with Crippen molar-refractivity contribution in [2.45, 2.75) is 47.1 Å². The first-order valence-corrected chi connectivity index (χ1v) is 6.68. The number of hydrogen-bond acceptors (Lipinski definition) is 2. The van der Waals surface area contributed by atoms with E-state index in [4.69, 9.17) is 4.74 Å². The van der Waals surface area contributed by atoms with Crippen molar-refractivity contribution in [1.82, 2.24) is 10.6 Å². The number of nitrogens with one attached hydrogen (secondary N) is 2. The fourth-order valence-corrected chi connectivity index (χ4v) is 1.24. The predicted octanol–water partition coefficient (Wildman–Crippen LogP) is 2.63. The van der Waals surface area contributed by atoms with E-state index in [1.54, 1.807) is 0 Å². The zero-order valence-electron chi connectivity index (χ0n) is 12.5. The van der Waals surface area contributed by atoms with Crippen LogP contribution in [-0.4, -0.2) is 38.3 Å². The monoisotopic (exact) mass is 371 g/mol. The largest absolute Gasteiger partial charge is 0.380 e. The van der Waals surface area contributed by atoms with Gasteiger partial charge in [0, 0.05) is 19.2 Å². The SMILES string of the molecule is CCNC(=NCCOCCC(C)C)NC(C)C.I. The molecule has 0 aromatic rings. The first-order chi connectivity index (χ1) is 8.06. The Morgan fingerprint density at radius 3 is 2.33 bits per heavy atom. The van der Waals surface area contributed by atoms with Gasteiger partial charge in [-0.05, 0) is 33.1 Å². The minimum absolute atomic E-state index is 0. The van der Waals surface area contributed by atoms with Crippen LogP contribution < -0.4 is 10.6 Å². The summed E-state index contributed by atoms with van der Waals surface area (Å²) in [5.41, 5.74) is 0. The average Bonchev–Trinajstić information content (AvgIpc) is 2.22. The van der Waals surface area contributed by atoms with Crippen molar-refractivity contribution in [3.05, 3.63) is 0 Å². The van der Waals surface area contributed by atoms with Gasteiger partial charge in [0.2, 0.25) is 0 Å². The molecule has 0 saturated heterocycles. The standard InChI is InChI=1S/C13H29N3O.HI/c1-6-14-13(16-12(4)5)15-8-10-17-9-7-11(2)3;/h11-12H,6-10H2,1-5H3,(H2,14,15,16);1H. The van der Waals surface area contributed by atoms with E-state index in [9.17, 15) is 0 Å². The molecule has 0 aromatic heterocycles. The van der Waals surface area contributed by atoms with Crippen molar-refractivity contribution >= 4 is 29.9 Å². The van der Waals surface area contributed by atoms with Crippen LogP contribution in [0.2, 0.25) is 0 Å². The second kappa shape index (κ2) is 13.4. The van der Waals surface area contributed by atoms with Gasteiger partial charge >= 0.3 is 0 Å². The summed E-state index contributed by atoms with van der Waals surface area (Å²) in [6.45, 7) is 13.8. The topological polar surface area (TPSA) is 45.7 Å². The summed E-state index contributed by atoms with van der Waals surface area (Å²) in [7, 11) is 0. The van der Waals surface area contributed by atoms with Gasteiger partial charge in [-0.3, -0.25) is 4.99 Å². The molecule has 0 aliphatic rings. The van der Waals surface area contributed by atoms with E-state index in [0.717, 1.165) is 25.5 Å². The molecule has 2 N–H and O–H groups in total. The summed E-state index contributed by atoms with van der Waals surface area (Å²) in [6.07, 6.45) is 1.12. The van der Waals surface area contributed by atoms with Crippen molar-refractivity contribution in [2.75, 3.05) is 26.3 Å². The van der Waals surface area contributed by atoms with E-state index in [2.05, 4.69) is 50.2 Å². The predicted molar refractivity (Wildman–Crippen MR) is 89.9 cm³/mol. The van der Waals surface area contributed by atoms with E-state index < -0.39 is 0 Å². The van der Waals surface area contributed by atoms with Crippen molar-refractivity contribution in [3.8, 4) is 0 Å². The number of halogens is 1. The Kier molecular flexibility index (Phi) is 15.1. The molecule has 0 atom stereocenters. The Morgan fingerprint density at radius 2 is 1.83 bits per heavy atom. The number of guanidine groups is 1. The Labute approximate surface area is 129 Å². The normalized spacial score (nSPS) is 11.6. The van der Waals surface area contributed by atoms with E-state index >= 15 is 0 Å². The van der Waals surface area contributed by atoms with Crippen molar-refractivity contribution < 1.29 is 4.74 Å². The van der Waals surface area contributed by atoms with Crippen LogP contribution >= 0.6 is 24.0 Å². The lowest BCUT2D eigenvalue weighted by atomic mass is 10.1. The second-order valence-corrected chi connectivity index (χ2v) is 4.85. The molecule has 18 heavy (non-hydrogen) atoms. The molecule has 0 bridgehead atoms. The van der Waals surface area contributed by atoms with Crippen LogP contribution in [-0.2, 0) is 4.74 Å². The minimum atomic E-state index is 0. The molecule has 0 aliphatic heterocycles. The summed E-state index contributed by atoms with van der Waals surface area (Å²) in [5, 5.41) is 6.48. The maximum atomic E-state index is 5.52. The number of nitrogens with zero attached hydrogens (tertiary/aromatic N) is 1. The van der Waals surface area contributed by atoms with Crippen LogP contribution in [0.4, 0.5) is 0 Å². The highest BCUT2D eigenvalue weighted by Crippen LogP contribution is 1.98. The van der Waals surface area contributed by atoms with Crippen LogP contribution in [0.15, 0.2) is 4.99 Å². The molecule has 0 unspecified atom stereocenters. The van der Waals surface area contributed by atoms with Gasteiger partial charge in [0.25, 0.3) is 0 Å². The molecule has 0 radical (unpaired) electrons. The van der Waals surface area contributed by atoms with Crippen LogP contribution in [0.3, 0.4) is 0 Å². The van der Waals surface area contributed by atoms with Gasteiger partial charge in [-0.1, -0.05) is 13.8 Å². The fourth-order valence-electron chi connectivity index (χ4n) is 1.24. The average molecular weight is 371 g/mol. The fraction of sp³-hybridized carbons (Fsp3) is 0.923. The molecule has 0 rings (SSSR count). The van der Waals surface area contributed by atoms with Gasteiger partial charge in [0.05, 0.1) is 13.2 Å². The van der Waals surface area contributed by atoms with Crippen molar-refractivity contribution in [1.29, 1.82) is 0 Å². The molecule has 0 heterocycles. The highest BCUT2D eigenvalue weighted by molar-refractivity contribution is 14.0. The second-order valence-electron chi connectivity index (χ2n) is 4.85. The highest BCUT2D eigenvalue weighted by atomic mass is 127. The Hall–Kier alpha value is -0.0400. The third-order valence-electron chi connectivity index (χ3n) is 2.11. The molecule has 0 saturated carbocycles. The van der Waals surface area contributed by atoms with E-state index in [0.29, 0.717) is 25.1 Å². The van der Waals surface area contributed by atoms with E-state index in [1.807, 2.05) is 0 Å². The number of hydrogen-bond donors (Lipinski definition) is 2. The summed E-state index contributed by atoms with van der Waals surface area (Å²) >= 11 is 0. The summed E-state index contributed by atoms with van der Waals surface area (Å²) < 4.78 is 5.52. The van der Waals surface area contributed by atoms with Gasteiger partial charge in [-0.2, -0.15) is 0 Å². The van der Waals surface area contributed by atoms with E-state index in [1.165, 1.54) is 0 Å². The zero-order valence-corrected chi connectivity index (χ0v) is 14.8. The van der Waals surface area contributed by atoms with Crippen molar-refractivity contribution in [2.24, 2.45) is 10.9 Å². The lowest BCUT2D eigenvalue weighted by Gasteiger charge is -2.14. The summed E-state index contributed by atoms with van der Waals surface area (Å²) in [4.78, 5) is 4.44. The number of ether oxygens (including phenoxy) is 1. The maximum absolute atomic E-state index is 5.52. The molecule has 0 aliphatic carbocycles. The summed E-state index contributed by atoms with van der Waals surface area (Å²) in [5.74, 6) is 1.58. The molecule has 0 amide bonds. The molecule has 4 nitrogen and oxygen atoms in total. The van der Waals surface area contributed by atoms with Crippen LogP contribution in [0.25, 0.3) is 0 Å². The lowest BCUT2D eigenvalue weighted by Crippen LogP contribution is -2.41. The smallest absolute Gasteiger partial charge is 0.191 e. The van der Waals surface area contributed by atoms with Crippen LogP contribution in [0, 0.1) is 5.92 Å². The van der Waals surface area contributed by atoms with Crippen molar-refractivity contribution in [3.63, 3.8) is 0 Å². The quantitative estimate of drug-likeness (QED) is 0.298. The van der Waals surface area contributed by atoms with Gasteiger partial charge < -0.3 is 15.4 Å². The number of rotatable bonds is 8. The molecule has 0 spiro atoms. The molecular weight excluding hydrogens is 341 g/mol. The third kappa shape index (κ3) is 14.0. The summed E-state index contributed by atoms with van der Waals surface area (Å²) in [6, 6.07) is 0.398. The van der Waals surface area contributed by atoms with Gasteiger partial charge in [-0.15, -0.1) is 24.0 Å². The molecule has 110 valence electrons. The minimum Gasteiger partial charge on any atom is -0.380 e. The maximum Gasteiger partial charge on any atom is 0.191 e. The van der Waals surface area contributed by atoms with Gasteiger partial charge in [-0.25, -0.2) is 0 Å². The first kappa shape index (κ1) is 20.3. The van der Waals surface area contributed by atoms with Gasteiger partial charge in [0.15, 0.2) is 5.96 Å². The lowest BCUT2D eigenvalue weighted by molar-refractivity contribution is 0.130. The Morgan fingerprint density at radius 1 is 1.17 bits per heavy atom. The highest BCUT2D eigenvalue weighted by Gasteiger charge is 1.98. The van der Waals surface area contributed by atoms with E-state index in [-0.39, 0.29) is 24.0 Å². The third-order valence-corrected chi connectivity index (χ3v) is 2.11. The number of aliphatic imine (C=N–C) groups is 1. The van der Waals surface area contributed by atoms with Gasteiger partial charge in [0.1, 0.15) is 0 Å². The molecule has 0 aromatic carbocycles. The Balaban J connectivity index is 0. The molecule has 5 heteroatoms. The molecular formula is C13H30IN3O. The molecule has 0 fully saturated rings. The van der Waals surface area contributed by atoms with Crippen LogP contribution in [0.5, 0.6) is 0 Å². The first-order valence-electron chi connectivity index (χ1n) is 6.68. The Bertz CT molecular complexity index is 208. The zero-order chi connectivity index (χ0) is 13.1.